The summed E-state index contributed by atoms with van der Waals surface area (Å²) in [6.45, 7) is 2.83. The van der Waals surface area contributed by atoms with E-state index in [4.69, 9.17) is 11.5 Å². The van der Waals surface area contributed by atoms with Gasteiger partial charge in [0.05, 0.1) is 0 Å². The van der Waals surface area contributed by atoms with E-state index >= 15 is 0 Å². The fourth-order valence-corrected chi connectivity index (χ4v) is 6.30. The molecule has 3 unspecified atom stereocenters. The molecule has 7 nitrogen and oxygen atoms in total. The van der Waals surface area contributed by atoms with Crippen LogP contribution in [0.3, 0.4) is 0 Å². The second kappa shape index (κ2) is 14.0. The molecule has 3 atom stereocenters. The number of carboxylic acid groups (broad SMARTS) is 1. The van der Waals surface area contributed by atoms with E-state index < -0.39 is 12.0 Å². The summed E-state index contributed by atoms with van der Waals surface area (Å²) in [5.41, 5.74) is 10.5. The van der Waals surface area contributed by atoms with Crippen LogP contribution in [-0.4, -0.2) is 46.5 Å². The second-order valence-corrected chi connectivity index (χ2v) is 9.81. The van der Waals surface area contributed by atoms with Crippen LogP contribution in [0.25, 0.3) is 0 Å². The first-order valence-corrected chi connectivity index (χ1v) is 12.1. The molecule has 9 heteroatoms. The van der Waals surface area contributed by atoms with Crippen molar-refractivity contribution in [3.05, 3.63) is 0 Å². The molecule has 0 spiro atoms. The molecular weight excluding hydrogens is 384 g/mol. The van der Waals surface area contributed by atoms with Gasteiger partial charge in [-0.05, 0) is 38.0 Å². The van der Waals surface area contributed by atoms with E-state index in [1.807, 2.05) is 21.6 Å². The van der Waals surface area contributed by atoms with Crippen molar-refractivity contribution in [3.63, 3.8) is 0 Å². The van der Waals surface area contributed by atoms with Crippen LogP contribution < -0.4 is 16.8 Å². The van der Waals surface area contributed by atoms with E-state index in [2.05, 4.69) is 17.2 Å². The lowest BCUT2D eigenvalue weighted by Gasteiger charge is -2.17. The maximum absolute atomic E-state index is 12.0. The summed E-state index contributed by atoms with van der Waals surface area (Å²) in [7, 11) is 3.95. The zero-order chi connectivity index (χ0) is 20.1. The Morgan fingerprint density at radius 3 is 2.56 bits per heavy atom. The third-order valence-electron chi connectivity index (χ3n) is 4.70. The van der Waals surface area contributed by atoms with Crippen LogP contribution in [0.4, 0.5) is 0 Å². The van der Waals surface area contributed by atoms with Crippen molar-refractivity contribution in [2.45, 2.75) is 76.0 Å². The van der Waals surface area contributed by atoms with Crippen LogP contribution in [-0.2, 0) is 9.59 Å². The number of hydrogen-bond acceptors (Lipinski definition) is 5. The van der Waals surface area contributed by atoms with Crippen molar-refractivity contribution in [3.8, 4) is 0 Å². The monoisotopic (exact) mass is 418 g/mol. The third-order valence-corrected chi connectivity index (χ3v) is 7.84. The van der Waals surface area contributed by atoms with E-state index in [1.165, 1.54) is 12.2 Å². The molecule has 1 amide bonds. The topological polar surface area (TPSA) is 131 Å². The standard InChI is InChI=1S/C18H34N4O3S2/c1-13(15-10-12-26-27-15)7-4-5-9-16(23)22-14(17(24)25)8-3-2-6-11-21-18(19)20/h13-15H,2-12H2,1H3,(H,22,23)(H,24,25)(H4,19,20,21). The van der Waals surface area contributed by atoms with E-state index in [-0.39, 0.29) is 11.9 Å². The van der Waals surface area contributed by atoms with Gasteiger partial charge in [0.15, 0.2) is 5.96 Å². The van der Waals surface area contributed by atoms with Gasteiger partial charge in [-0.15, -0.1) is 0 Å². The molecule has 0 aromatic rings. The Balaban J connectivity index is 2.14. The molecule has 0 bridgehead atoms. The smallest absolute Gasteiger partial charge is 0.326 e. The number of nitrogens with one attached hydrogen (secondary N) is 1. The Bertz CT molecular complexity index is 481. The molecule has 0 saturated carbocycles. The van der Waals surface area contributed by atoms with Gasteiger partial charge in [-0.3, -0.25) is 9.79 Å². The van der Waals surface area contributed by atoms with Crippen LogP contribution >= 0.6 is 21.6 Å². The largest absolute Gasteiger partial charge is 0.480 e. The zero-order valence-electron chi connectivity index (χ0n) is 16.2. The van der Waals surface area contributed by atoms with Gasteiger partial charge in [-0.2, -0.15) is 0 Å². The van der Waals surface area contributed by atoms with Gasteiger partial charge in [0.1, 0.15) is 6.04 Å². The molecule has 1 aliphatic rings. The molecule has 1 rings (SSSR count). The first kappa shape index (κ1) is 23.9. The Kier molecular flexibility index (Phi) is 12.4. The first-order chi connectivity index (χ1) is 12.9. The second-order valence-electron chi connectivity index (χ2n) is 7.08. The van der Waals surface area contributed by atoms with Gasteiger partial charge >= 0.3 is 5.97 Å². The van der Waals surface area contributed by atoms with E-state index in [9.17, 15) is 14.7 Å². The molecule has 1 aliphatic heterocycles. The molecule has 6 N–H and O–H groups in total. The number of rotatable bonds is 14. The predicted octanol–water partition coefficient (Wildman–Crippen LogP) is 2.74. The summed E-state index contributed by atoms with van der Waals surface area (Å²) in [6.07, 6.45) is 7.40. The normalized spacial score (nSPS) is 18.6. The Hall–Kier alpha value is -1.09. The number of hydrogen-bond donors (Lipinski definition) is 4. The molecule has 156 valence electrons. The minimum atomic E-state index is -0.975. The number of nitrogens with zero attached hydrogens (tertiary/aromatic N) is 1. The molecular formula is C18H34N4O3S2. The maximum Gasteiger partial charge on any atom is 0.326 e. The number of carboxylic acids is 1. The van der Waals surface area contributed by atoms with Crippen molar-refractivity contribution in [2.75, 3.05) is 12.3 Å². The molecule has 0 aliphatic carbocycles. The minimum Gasteiger partial charge on any atom is -0.480 e. The number of aliphatic carboxylic acids is 1. The lowest BCUT2D eigenvalue weighted by Crippen LogP contribution is -2.40. The zero-order valence-corrected chi connectivity index (χ0v) is 17.8. The van der Waals surface area contributed by atoms with Gasteiger partial charge in [0.2, 0.25) is 5.91 Å². The number of unbranched alkanes of at least 4 members (excludes halogenated alkanes) is 3. The van der Waals surface area contributed by atoms with Gasteiger partial charge in [0, 0.05) is 24.0 Å². The molecule has 0 aromatic heterocycles. The van der Waals surface area contributed by atoms with Crippen LogP contribution in [0.2, 0.25) is 0 Å². The highest BCUT2D eigenvalue weighted by atomic mass is 33.1. The highest BCUT2D eigenvalue weighted by Crippen LogP contribution is 2.42. The average molecular weight is 419 g/mol. The van der Waals surface area contributed by atoms with Crippen molar-refractivity contribution >= 4 is 39.4 Å². The summed E-state index contributed by atoms with van der Waals surface area (Å²) in [5, 5.41) is 12.7. The van der Waals surface area contributed by atoms with E-state index in [1.54, 1.807) is 0 Å². The maximum atomic E-state index is 12.0. The molecule has 1 saturated heterocycles. The van der Waals surface area contributed by atoms with E-state index in [0.29, 0.717) is 31.7 Å². The third kappa shape index (κ3) is 11.4. The van der Waals surface area contributed by atoms with Gasteiger partial charge < -0.3 is 21.9 Å². The summed E-state index contributed by atoms with van der Waals surface area (Å²) >= 11 is 0. The molecule has 0 radical (unpaired) electrons. The van der Waals surface area contributed by atoms with Crippen LogP contribution in [0.15, 0.2) is 4.99 Å². The summed E-state index contributed by atoms with van der Waals surface area (Å²) in [4.78, 5) is 27.3. The van der Waals surface area contributed by atoms with Crippen molar-refractivity contribution in [2.24, 2.45) is 22.4 Å². The van der Waals surface area contributed by atoms with Gasteiger partial charge in [-0.25, -0.2) is 4.79 Å². The summed E-state index contributed by atoms with van der Waals surface area (Å²) in [5.74, 6) is 0.852. The fraction of sp³-hybridized carbons (Fsp3) is 0.833. The molecule has 27 heavy (non-hydrogen) atoms. The van der Waals surface area contributed by atoms with Gasteiger partial charge in [0.25, 0.3) is 0 Å². The Morgan fingerprint density at radius 1 is 1.19 bits per heavy atom. The Labute approximate surface area is 170 Å². The number of aliphatic imine (C=N–C) groups is 1. The number of carbonyl (C=O) groups excluding carboxylic acids is 1. The number of carbonyl (C=O) groups is 2. The minimum absolute atomic E-state index is 0.0703. The van der Waals surface area contributed by atoms with Crippen LogP contribution in [0, 0.1) is 5.92 Å². The summed E-state index contributed by atoms with van der Waals surface area (Å²) < 4.78 is 0. The molecule has 1 heterocycles. The fourth-order valence-electron chi connectivity index (χ4n) is 3.03. The number of guanidine groups is 1. The molecule has 1 fully saturated rings. The molecule has 0 aromatic carbocycles. The van der Waals surface area contributed by atoms with Crippen LogP contribution in [0.5, 0.6) is 0 Å². The highest BCUT2D eigenvalue weighted by Gasteiger charge is 2.23. The highest BCUT2D eigenvalue weighted by molar-refractivity contribution is 8.77. The first-order valence-electron chi connectivity index (χ1n) is 9.76. The van der Waals surface area contributed by atoms with Crippen molar-refractivity contribution in [1.29, 1.82) is 0 Å². The number of nitrogens with two attached hydrogens (primary N) is 2. The number of amides is 1. The van der Waals surface area contributed by atoms with E-state index in [0.717, 1.165) is 37.4 Å². The van der Waals surface area contributed by atoms with Crippen molar-refractivity contribution in [1.82, 2.24) is 5.32 Å². The Morgan fingerprint density at radius 2 is 1.93 bits per heavy atom. The average Bonchev–Trinajstić information content (AvgIpc) is 3.14. The summed E-state index contributed by atoms with van der Waals surface area (Å²) in [6, 6.07) is -0.814. The lowest BCUT2D eigenvalue weighted by atomic mass is 9.98. The van der Waals surface area contributed by atoms with Crippen molar-refractivity contribution < 1.29 is 14.7 Å². The SMILES string of the molecule is CC(CCCCC(=O)NC(CCCCCN=C(N)N)C(=O)O)C1CCSS1. The lowest BCUT2D eigenvalue weighted by molar-refractivity contribution is -0.142. The quantitative estimate of drug-likeness (QED) is 0.148. The van der Waals surface area contributed by atoms with Gasteiger partial charge in [-0.1, -0.05) is 47.8 Å². The predicted molar refractivity (Wildman–Crippen MR) is 115 cm³/mol. The van der Waals surface area contributed by atoms with Crippen LogP contribution in [0.1, 0.15) is 64.7 Å².